The zero-order valence-electron chi connectivity index (χ0n) is 69.4. The monoisotopic (exact) mass is 1550 g/mol. The van der Waals surface area contributed by atoms with E-state index < -0.39 is 97.5 Å². The van der Waals surface area contributed by atoms with E-state index >= 15 is 0 Å². The second-order valence-corrected chi connectivity index (χ2v) is 34.2. The van der Waals surface area contributed by atoms with Gasteiger partial charge < -0.3 is 33.8 Å². The van der Waals surface area contributed by atoms with Crippen molar-refractivity contribution in [3.8, 4) is 0 Å². The summed E-state index contributed by atoms with van der Waals surface area (Å²) in [6.07, 6.45) is 76.6. The lowest BCUT2D eigenvalue weighted by Gasteiger charge is -2.21. The highest BCUT2D eigenvalue weighted by Crippen LogP contribution is 2.45. The zero-order valence-corrected chi connectivity index (χ0v) is 71.2. The molecule has 0 aliphatic rings. The van der Waals surface area contributed by atoms with Gasteiger partial charge in [-0.25, -0.2) is 9.13 Å². The first kappa shape index (κ1) is 104. The highest BCUT2D eigenvalue weighted by atomic mass is 31.2. The van der Waals surface area contributed by atoms with Gasteiger partial charge in [0, 0.05) is 25.7 Å². The standard InChI is InChI=1S/C87H170O17P2/c1-5-9-13-17-21-25-28-31-34-37-40-42-45-47-50-53-56-60-64-68-72-85(90)98-78-83(104-87(92)74-70-66-62-58-55-52-49-46-43-41-38-35-32-29-26-22-18-14-10-6-2)80-102-106(95,96)100-76-81(88)75-99-105(93,94)101-79-82(77-97-84(89)71-67-63-59-24-20-16-12-8-4)103-86(91)73-69-65-61-57-54-51-48-44-39-36-33-30-27-23-19-15-11-7-3/h81-83,88H,5-80H2,1-4H3,(H,93,94)(H,95,96)/t81-,82+,83+/m0/s1. The molecule has 0 bridgehead atoms. The fraction of sp³-hybridized carbons (Fsp3) is 0.954. The van der Waals surface area contributed by atoms with Gasteiger partial charge in [-0.1, -0.05) is 426 Å². The van der Waals surface area contributed by atoms with Gasteiger partial charge in [0.25, 0.3) is 0 Å². The first-order chi connectivity index (χ1) is 51.7. The van der Waals surface area contributed by atoms with Crippen molar-refractivity contribution in [1.82, 2.24) is 0 Å². The molecule has 0 spiro atoms. The van der Waals surface area contributed by atoms with E-state index in [1.54, 1.807) is 0 Å². The Labute approximate surface area is 651 Å². The van der Waals surface area contributed by atoms with Crippen LogP contribution in [0.25, 0.3) is 0 Å². The average Bonchev–Trinajstić information content (AvgIpc) is 0.902. The summed E-state index contributed by atoms with van der Waals surface area (Å²) in [6, 6.07) is 0. The Morgan fingerprint density at radius 2 is 0.377 bits per heavy atom. The number of aliphatic hydroxyl groups is 1. The lowest BCUT2D eigenvalue weighted by Crippen LogP contribution is -2.30. The number of carbonyl (C=O) groups is 4. The molecule has 0 heterocycles. The number of hydrogen-bond donors (Lipinski definition) is 3. The number of phosphoric ester groups is 2. The van der Waals surface area contributed by atoms with Crippen molar-refractivity contribution in [3.63, 3.8) is 0 Å². The topological polar surface area (TPSA) is 237 Å². The van der Waals surface area contributed by atoms with Crippen LogP contribution in [0.5, 0.6) is 0 Å². The largest absolute Gasteiger partial charge is 0.472 e. The smallest absolute Gasteiger partial charge is 0.462 e. The van der Waals surface area contributed by atoms with Crippen molar-refractivity contribution in [2.45, 2.75) is 495 Å². The highest BCUT2D eigenvalue weighted by Gasteiger charge is 2.30. The summed E-state index contributed by atoms with van der Waals surface area (Å²) in [5.41, 5.74) is 0. The lowest BCUT2D eigenvalue weighted by atomic mass is 10.0. The molecule has 0 aromatic rings. The number of aliphatic hydroxyl groups excluding tert-OH is 1. The first-order valence-corrected chi connectivity index (χ1v) is 48.3. The third kappa shape index (κ3) is 80.1. The van der Waals surface area contributed by atoms with Crippen LogP contribution in [0.15, 0.2) is 0 Å². The third-order valence-corrected chi connectivity index (χ3v) is 22.5. The fourth-order valence-electron chi connectivity index (χ4n) is 13.7. The molecule has 19 heteroatoms. The minimum Gasteiger partial charge on any atom is -0.462 e. The molecule has 0 saturated heterocycles. The van der Waals surface area contributed by atoms with Crippen LogP contribution in [0.2, 0.25) is 0 Å². The number of carbonyl (C=O) groups excluding carboxylic acids is 4. The van der Waals surface area contributed by atoms with Crippen molar-refractivity contribution >= 4 is 39.5 Å². The quantitative estimate of drug-likeness (QED) is 0.0222. The molecule has 0 aliphatic heterocycles. The lowest BCUT2D eigenvalue weighted by molar-refractivity contribution is -0.161. The van der Waals surface area contributed by atoms with E-state index in [0.717, 1.165) is 89.9 Å². The normalized spacial score (nSPS) is 13.7. The number of unbranched alkanes of at least 4 members (excludes halogenated alkanes) is 62. The summed E-state index contributed by atoms with van der Waals surface area (Å²) in [7, 11) is -9.92. The number of phosphoric acid groups is 2. The van der Waals surface area contributed by atoms with Crippen LogP contribution >= 0.6 is 15.6 Å². The summed E-state index contributed by atoms with van der Waals surface area (Å²) in [6.45, 7) is 5.04. The van der Waals surface area contributed by atoms with Crippen LogP contribution in [0.1, 0.15) is 477 Å². The molecule has 17 nitrogen and oxygen atoms in total. The van der Waals surface area contributed by atoms with Gasteiger partial charge >= 0.3 is 39.5 Å². The zero-order chi connectivity index (χ0) is 77.4. The van der Waals surface area contributed by atoms with Gasteiger partial charge in [-0.2, -0.15) is 0 Å². The van der Waals surface area contributed by atoms with Gasteiger partial charge in [-0.15, -0.1) is 0 Å². The van der Waals surface area contributed by atoms with E-state index in [1.165, 1.54) is 308 Å². The molecular formula is C87H170O17P2. The van der Waals surface area contributed by atoms with Crippen LogP contribution < -0.4 is 0 Å². The van der Waals surface area contributed by atoms with Crippen molar-refractivity contribution in [1.29, 1.82) is 0 Å². The Balaban J connectivity index is 5.17. The van der Waals surface area contributed by atoms with Crippen molar-refractivity contribution in [2.75, 3.05) is 39.6 Å². The predicted octanol–water partition coefficient (Wildman–Crippen LogP) is 26.9. The third-order valence-electron chi connectivity index (χ3n) is 20.6. The summed E-state index contributed by atoms with van der Waals surface area (Å²) < 4.78 is 68.9. The number of rotatable bonds is 88. The second-order valence-electron chi connectivity index (χ2n) is 31.3. The van der Waals surface area contributed by atoms with Gasteiger partial charge in [-0.05, 0) is 25.7 Å². The van der Waals surface area contributed by atoms with E-state index in [9.17, 15) is 43.2 Å². The second kappa shape index (κ2) is 81.1. The molecule has 5 atom stereocenters. The minimum absolute atomic E-state index is 0.109. The molecule has 3 N–H and O–H groups in total. The Bertz CT molecular complexity index is 2000. The van der Waals surface area contributed by atoms with Gasteiger partial charge in [0.15, 0.2) is 12.2 Å². The maximum atomic E-state index is 13.1. The molecule has 630 valence electrons. The van der Waals surface area contributed by atoms with Crippen LogP contribution in [0.4, 0.5) is 0 Å². The molecule has 0 amide bonds. The van der Waals surface area contributed by atoms with Crippen molar-refractivity contribution in [2.24, 2.45) is 0 Å². The molecule has 0 radical (unpaired) electrons. The summed E-state index contributed by atoms with van der Waals surface area (Å²) in [5.74, 6) is -2.10. The van der Waals surface area contributed by atoms with Crippen LogP contribution in [0, 0.1) is 0 Å². The Hall–Kier alpha value is -1.94. The van der Waals surface area contributed by atoms with Gasteiger partial charge in [0.05, 0.1) is 26.4 Å². The van der Waals surface area contributed by atoms with Crippen molar-refractivity contribution in [3.05, 3.63) is 0 Å². The molecular weight excluding hydrogens is 1380 g/mol. The Morgan fingerprint density at radius 3 is 0.557 bits per heavy atom. The maximum Gasteiger partial charge on any atom is 0.472 e. The summed E-state index contributed by atoms with van der Waals surface area (Å²) in [5, 5.41) is 10.7. The van der Waals surface area contributed by atoms with Crippen molar-refractivity contribution < 1.29 is 80.2 Å². The average molecular weight is 1550 g/mol. The Morgan fingerprint density at radius 1 is 0.226 bits per heavy atom. The van der Waals surface area contributed by atoms with Gasteiger partial charge in [0.1, 0.15) is 19.3 Å². The first-order valence-electron chi connectivity index (χ1n) is 45.3. The minimum atomic E-state index is -4.96. The molecule has 0 saturated carbocycles. The molecule has 0 fully saturated rings. The van der Waals surface area contributed by atoms with Gasteiger partial charge in [-0.3, -0.25) is 37.3 Å². The van der Waals surface area contributed by atoms with E-state index in [4.69, 9.17) is 37.0 Å². The number of ether oxygens (including phenoxy) is 4. The Kier molecular flexibility index (Phi) is 79.6. The summed E-state index contributed by atoms with van der Waals surface area (Å²) >= 11 is 0. The van der Waals surface area contributed by atoms with E-state index in [1.807, 2.05) is 0 Å². The predicted molar refractivity (Wildman–Crippen MR) is 437 cm³/mol. The molecule has 0 rings (SSSR count). The fourth-order valence-corrected chi connectivity index (χ4v) is 15.3. The molecule has 2 unspecified atom stereocenters. The molecule has 0 aromatic heterocycles. The number of hydrogen-bond acceptors (Lipinski definition) is 15. The molecule has 106 heavy (non-hydrogen) atoms. The highest BCUT2D eigenvalue weighted by molar-refractivity contribution is 7.47. The number of esters is 4. The van der Waals surface area contributed by atoms with Crippen LogP contribution in [0.3, 0.4) is 0 Å². The maximum absolute atomic E-state index is 13.1. The van der Waals surface area contributed by atoms with Crippen LogP contribution in [-0.2, 0) is 65.4 Å². The SMILES string of the molecule is CCCCCCCCCCCCCCCCCCCCCCC(=O)OC[C@H](COP(=O)(O)OC[C@@H](O)COP(=O)(O)OC[C@@H](COC(=O)CCCCCCCCCC)OC(=O)CCCCCCCCCCCCCCCCCCCC)OC(=O)CCCCCCCCCCCCCCCCCCCCCC. The van der Waals surface area contributed by atoms with E-state index in [-0.39, 0.29) is 25.7 Å². The molecule has 0 aromatic carbocycles. The van der Waals surface area contributed by atoms with Gasteiger partial charge in [0.2, 0.25) is 0 Å². The van der Waals surface area contributed by atoms with E-state index in [0.29, 0.717) is 25.7 Å². The van der Waals surface area contributed by atoms with Crippen LogP contribution in [-0.4, -0.2) is 96.7 Å². The van der Waals surface area contributed by atoms with E-state index in [2.05, 4.69) is 27.7 Å². The summed E-state index contributed by atoms with van der Waals surface area (Å²) in [4.78, 5) is 73.2. The molecule has 0 aliphatic carbocycles.